The molecule has 1 aliphatic heterocycles. The zero-order valence-electron chi connectivity index (χ0n) is 9.28. The summed E-state index contributed by atoms with van der Waals surface area (Å²) in [6.07, 6.45) is 1.21. The quantitative estimate of drug-likeness (QED) is 0.811. The van der Waals surface area contributed by atoms with Gasteiger partial charge in [-0.3, -0.25) is 9.59 Å². The van der Waals surface area contributed by atoms with E-state index in [-0.39, 0.29) is 5.91 Å². The predicted molar refractivity (Wildman–Crippen MR) is 66.7 cm³/mol. The largest absolute Gasteiger partial charge is 0.369 e. The van der Waals surface area contributed by atoms with E-state index in [1.54, 1.807) is 12.1 Å². The third kappa shape index (κ3) is 2.77. The number of anilines is 1. The van der Waals surface area contributed by atoms with Gasteiger partial charge < -0.3 is 10.2 Å². The molecular formula is C12H13ClN2O2. The van der Waals surface area contributed by atoms with Gasteiger partial charge in [0.25, 0.3) is 0 Å². The van der Waals surface area contributed by atoms with Gasteiger partial charge in [0.1, 0.15) is 0 Å². The van der Waals surface area contributed by atoms with Crippen LogP contribution in [0, 0.1) is 0 Å². The molecule has 0 unspecified atom stereocenters. The number of hydrogen-bond acceptors (Lipinski definition) is 3. The maximum atomic E-state index is 11.2. The van der Waals surface area contributed by atoms with Gasteiger partial charge in [0.05, 0.1) is 5.02 Å². The van der Waals surface area contributed by atoms with Crippen LogP contribution >= 0.6 is 11.6 Å². The number of nitrogens with one attached hydrogen (secondary N) is 1. The van der Waals surface area contributed by atoms with Crippen molar-refractivity contribution in [3.8, 4) is 0 Å². The van der Waals surface area contributed by atoms with E-state index in [1.807, 2.05) is 6.07 Å². The first-order valence-electron chi connectivity index (χ1n) is 5.47. The number of nitrogens with zero attached hydrogens (tertiary/aromatic N) is 1. The summed E-state index contributed by atoms with van der Waals surface area (Å²) in [5, 5.41) is 3.26. The number of benzene rings is 1. The Balaban J connectivity index is 2.18. The summed E-state index contributed by atoms with van der Waals surface area (Å²) in [5.41, 5.74) is 1.43. The fourth-order valence-corrected chi connectivity index (χ4v) is 2.05. The first kappa shape index (κ1) is 11.9. The van der Waals surface area contributed by atoms with Crippen molar-refractivity contribution in [3.63, 3.8) is 0 Å². The minimum Gasteiger partial charge on any atom is -0.369 e. The fourth-order valence-electron chi connectivity index (χ4n) is 1.83. The summed E-state index contributed by atoms with van der Waals surface area (Å²) in [4.78, 5) is 24.0. The van der Waals surface area contributed by atoms with Gasteiger partial charge >= 0.3 is 0 Å². The molecule has 90 valence electrons. The molecule has 0 atom stereocenters. The Morgan fingerprint density at radius 2 is 2.18 bits per heavy atom. The van der Waals surface area contributed by atoms with Crippen LogP contribution in [0.15, 0.2) is 18.2 Å². The molecule has 0 bridgehead atoms. The first-order valence-corrected chi connectivity index (χ1v) is 5.85. The molecule has 1 heterocycles. The summed E-state index contributed by atoms with van der Waals surface area (Å²) in [6.45, 7) is 2.05. The molecule has 1 amide bonds. The van der Waals surface area contributed by atoms with Gasteiger partial charge in [0.2, 0.25) is 5.91 Å². The van der Waals surface area contributed by atoms with E-state index in [4.69, 9.17) is 11.6 Å². The number of carbonyl (C=O) groups excluding carboxylic acids is 2. The lowest BCUT2D eigenvalue weighted by molar-refractivity contribution is -0.120. The average molecular weight is 253 g/mol. The van der Waals surface area contributed by atoms with Crippen molar-refractivity contribution in [2.24, 2.45) is 0 Å². The predicted octanol–water partition coefficient (Wildman–Crippen LogP) is 1.48. The number of halogens is 1. The van der Waals surface area contributed by atoms with Crippen LogP contribution < -0.4 is 10.2 Å². The second-order valence-corrected chi connectivity index (χ2v) is 4.32. The monoisotopic (exact) mass is 252 g/mol. The molecule has 0 aliphatic carbocycles. The molecule has 1 aromatic carbocycles. The summed E-state index contributed by atoms with van der Waals surface area (Å²) in [6, 6.07) is 5.32. The Morgan fingerprint density at radius 3 is 2.88 bits per heavy atom. The third-order valence-electron chi connectivity index (χ3n) is 2.79. The molecule has 0 spiro atoms. The van der Waals surface area contributed by atoms with Crippen molar-refractivity contribution < 1.29 is 9.59 Å². The van der Waals surface area contributed by atoms with Crippen molar-refractivity contribution in [2.75, 3.05) is 24.5 Å². The minimum atomic E-state index is 0.0723. The van der Waals surface area contributed by atoms with Crippen LogP contribution in [0.4, 0.5) is 5.69 Å². The van der Waals surface area contributed by atoms with Gasteiger partial charge in [-0.2, -0.15) is 0 Å². The van der Waals surface area contributed by atoms with Crippen molar-refractivity contribution in [2.45, 2.75) is 6.42 Å². The van der Waals surface area contributed by atoms with E-state index in [1.165, 1.54) is 0 Å². The van der Waals surface area contributed by atoms with Gasteiger partial charge in [-0.15, -0.1) is 0 Å². The van der Waals surface area contributed by atoms with Crippen molar-refractivity contribution in [1.29, 1.82) is 0 Å². The highest BCUT2D eigenvalue weighted by Gasteiger charge is 2.14. The van der Waals surface area contributed by atoms with E-state index in [0.29, 0.717) is 30.1 Å². The molecule has 17 heavy (non-hydrogen) atoms. The molecule has 0 aromatic heterocycles. The number of carbonyl (C=O) groups is 2. The highest BCUT2D eigenvalue weighted by atomic mass is 35.5. The Bertz CT molecular complexity index is 448. The number of hydrogen-bond donors (Lipinski definition) is 1. The topological polar surface area (TPSA) is 49.4 Å². The molecule has 1 saturated heterocycles. The molecule has 1 fully saturated rings. The lowest BCUT2D eigenvalue weighted by Gasteiger charge is -2.22. The molecule has 0 saturated carbocycles. The zero-order chi connectivity index (χ0) is 12.3. The van der Waals surface area contributed by atoms with Crippen LogP contribution in [0.1, 0.15) is 16.8 Å². The van der Waals surface area contributed by atoms with E-state index in [0.717, 1.165) is 18.5 Å². The van der Waals surface area contributed by atoms with Crippen LogP contribution in [0.3, 0.4) is 0 Å². The van der Waals surface area contributed by atoms with E-state index in [2.05, 4.69) is 10.2 Å². The van der Waals surface area contributed by atoms with Crippen LogP contribution in [-0.4, -0.2) is 31.8 Å². The van der Waals surface area contributed by atoms with Crippen LogP contribution in [-0.2, 0) is 4.79 Å². The SMILES string of the molecule is O=Cc1ccc(N2CCNC(=O)CC2)cc1Cl. The maximum absolute atomic E-state index is 11.2. The summed E-state index contributed by atoms with van der Waals surface area (Å²) in [7, 11) is 0. The molecule has 0 radical (unpaired) electrons. The lowest BCUT2D eigenvalue weighted by atomic mass is 10.2. The smallest absolute Gasteiger partial charge is 0.221 e. The summed E-state index contributed by atoms with van der Waals surface area (Å²) >= 11 is 5.98. The van der Waals surface area contributed by atoms with Crippen LogP contribution in [0.5, 0.6) is 0 Å². The number of aldehydes is 1. The van der Waals surface area contributed by atoms with E-state index in [9.17, 15) is 9.59 Å². The number of rotatable bonds is 2. The highest BCUT2D eigenvalue weighted by Crippen LogP contribution is 2.23. The second kappa shape index (κ2) is 5.19. The number of amides is 1. The van der Waals surface area contributed by atoms with Crippen molar-refractivity contribution >= 4 is 29.5 Å². The third-order valence-corrected chi connectivity index (χ3v) is 3.12. The molecule has 1 N–H and O–H groups in total. The van der Waals surface area contributed by atoms with Crippen LogP contribution in [0.25, 0.3) is 0 Å². The standard InChI is InChI=1S/C12H13ClN2O2/c13-11-7-10(2-1-9(11)8-16)15-5-3-12(17)14-4-6-15/h1-2,7-8H,3-6H2,(H,14,17). The molecule has 4 nitrogen and oxygen atoms in total. The molecule has 1 aliphatic rings. The summed E-state index contributed by atoms with van der Waals surface area (Å²) in [5.74, 6) is 0.0723. The van der Waals surface area contributed by atoms with Gasteiger partial charge in [0.15, 0.2) is 6.29 Å². The molecule has 2 rings (SSSR count). The lowest BCUT2D eigenvalue weighted by Crippen LogP contribution is -2.28. The van der Waals surface area contributed by atoms with E-state index < -0.39 is 0 Å². The molecule has 5 heteroatoms. The zero-order valence-corrected chi connectivity index (χ0v) is 10.0. The summed E-state index contributed by atoms with van der Waals surface area (Å²) < 4.78 is 0. The second-order valence-electron chi connectivity index (χ2n) is 3.91. The van der Waals surface area contributed by atoms with Crippen LogP contribution in [0.2, 0.25) is 5.02 Å². The van der Waals surface area contributed by atoms with E-state index >= 15 is 0 Å². The van der Waals surface area contributed by atoms with Crippen molar-refractivity contribution in [1.82, 2.24) is 5.32 Å². The Hall–Kier alpha value is -1.55. The first-order chi connectivity index (χ1) is 8.20. The molecule has 1 aromatic rings. The Labute approximate surface area is 105 Å². The molecular weight excluding hydrogens is 240 g/mol. The maximum Gasteiger partial charge on any atom is 0.221 e. The van der Waals surface area contributed by atoms with Gasteiger partial charge in [-0.25, -0.2) is 0 Å². The minimum absolute atomic E-state index is 0.0723. The Morgan fingerprint density at radius 1 is 1.35 bits per heavy atom. The van der Waals surface area contributed by atoms with Crippen molar-refractivity contribution in [3.05, 3.63) is 28.8 Å². The Kier molecular flexibility index (Phi) is 3.64. The normalized spacial score (nSPS) is 16.3. The average Bonchev–Trinajstić information content (AvgIpc) is 2.54. The van der Waals surface area contributed by atoms with Gasteiger partial charge in [0, 0.05) is 37.3 Å². The van der Waals surface area contributed by atoms with Gasteiger partial charge in [-0.1, -0.05) is 11.6 Å². The van der Waals surface area contributed by atoms with Gasteiger partial charge in [-0.05, 0) is 18.2 Å². The highest BCUT2D eigenvalue weighted by molar-refractivity contribution is 6.33. The fraction of sp³-hybridized carbons (Fsp3) is 0.333.